The third-order valence-electron chi connectivity index (χ3n) is 4.64. The second kappa shape index (κ2) is 9.35. The maximum Gasteiger partial charge on any atom is 0.220 e. The molecule has 1 fully saturated rings. The van der Waals surface area contributed by atoms with Crippen LogP contribution >= 0.6 is 0 Å². The number of amides is 1. The van der Waals surface area contributed by atoms with Crippen molar-refractivity contribution in [3.8, 4) is 0 Å². The first kappa shape index (κ1) is 16.5. The van der Waals surface area contributed by atoms with Gasteiger partial charge < -0.3 is 11.1 Å². The van der Waals surface area contributed by atoms with Gasteiger partial charge in [0.2, 0.25) is 5.91 Å². The van der Waals surface area contributed by atoms with Crippen LogP contribution in [0.15, 0.2) is 0 Å². The molecule has 1 aliphatic rings. The molecule has 0 saturated heterocycles. The van der Waals surface area contributed by atoms with Gasteiger partial charge in [-0.25, -0.2) is 0 Å². The van der Waals surface area contributed by atoms with Crippen molar-refractivity contribution in [2.75, 3.05) is 6.54 Å². The molecule has 3 nitrogen and oxygen atoms in total. The summed E-state index contributed by atoms with van der Waals surface area (Å²) in [5.41, 5.74) is 6.13. The lowest BCUT2D eigenvalue weighted by Crippen LogP contribution is -2.42. The van der Waals surface area contributed by atoms with Crippen LogP contribution in [0.25, 0.3) is 0 Å². The van der Waals surface area contributed by atoms with Gasteiger partial charge in [-0.2, -0.15) is 0 Å². The van der Waals surface area contributed by atoms with Crippen LogP contribution in [0.2, 0.25) is 0 Å². The zero-order valence-corrected chi connectivity index (χ0v) is 12.8. The van der Waals surface area contributed by atoms with E-state index in [2.05, 4.69) is 19.2 Å². The third-order valence-corrected chi connectivity index (χ3v) is 4.64. The Morgan fingerprint density at radius 1 is 1.16 bits per heavy atom. The van der Waals surface area contributed by atoms with Crippen molar-refractivity contribution in [1.82, 2.24) is 5.32 Å². The summed E-state index contributed by atoms with van der Waals surface area (Å²) in [5.74, 6) is 1.33. The number of carbonyl (C=O) groups is 1. The zero-order chi connectivity index (χ0) is 14.1. The van der Waals surface area contributed by atoms with Gasteiger partial charge in [-0.1, -0.05) is 52.4 Å². The fraction of sp³-hybridized carbons (Fsp3) is 0.938. The van der Waals surface area contributed by atoms with Gasteiger partial charge in [0.25, 0.3) is 0 Å². The SMILES string of the molecule is CCC(CC)C(N)CNC(=O)CC1CCCCCC1. The van der Waals surface area contributed by atoms with Crippen LogP contribution in [0.4, 0.5) is 0 Å². The topological polar surface area (TPSA) is 55.1 Å². The van der Waals surface area contributed by atoms with Crippen molar-refractivity contribution in [3.63, 3.8) is 0 Å². The van der Waals surface area contributed by atoms with Crippen LogP contribution < -0.4 is 11.1 Å². The first-order valence-electron chi connectivity index (χ1n) is 8.19. The van der Waals surface area contributed by atoms with Gasteiger partial charge in [0, 0.05) is 19.0 Å². The predicted octanol–water partition coefficient (Wildman–Crippen LogP) is 3.23. The highest BCUT2D eigenvalue weighted by molar-refractivity contribution is 5.76. The molecule has 0 radical (unpaired) electrons. The maximum absolute atomic E-state index is 12.0. The molecule has 1 atom stereocenters. The molecule has 112 valence electrons. The van der Waals surface area contributed by atoms with Crippen molar-refractivity contribution >= 4 is 5.91 Å². The van der Waals surface area contributed by atoms with Crippen molar-refractivity contribution in [2.45, 2.75) is 77.7 Å². The third kappa shape index (κ3) is 6.42. The molecule has 1 rings (SSSR count). The second-order valence-electron chi connectivity index (χ2n) is 6.11. The Kier molecular flexibility index (Phi) is 8.11. The van der Waals surface area contributed by atoms with Gasteiger partial charge >= 0.3 is 0 Å². The van der Waals surface area contributed by atoms with Gasteiger partial charge in [-0.3, -0.25) is 4.79 Å². The molecule has 1 unspecified atom stereocenters. The van der Waals surface area contributed by atoms with E-state index in [4.69, 9.17) is 5.73 Å². The van der Waals surface area contributed by atoms with Gasteiger partial charge in [0.05, 0.1) is 0 Å². The van der Waals surface area contributed by atoms with E-state index < -0.39 is 0 Å². The van der Waals surface area contributed by atoms with E-state index in [1.807, 2.05) is 0 Å². The molecule has 0 aliphatic heterocycles. The minimum atomic E-state index is 0.105. The average Bonchev–Trinajstić information content (AvgIpc) is 2.66. The highest BCUT2D eigenvalue weighted by atomic mass is 16.1. The Labute approximate surface area is 118 Å². The summed E-state index contributed by atoms with van der Waals surface area (Å²) in [7, 11) is 0. The Hall–Kier alpha value is -0.570. The molecule has 1 aliphatic carbocycles. The van der Waals surface area contributed by atoms with Gasteiger partial charge in [0.15, 0.2) is 0 Å². The molecule has 0 spiro atoms. The number of nitrogens with one attached hydrogen (secondary N) is 1. The molecule has 0 aromatic rings. The quantitative estimate of drug-likeness (QED) is 0.697. The average molecular weight is 268 g/mol. The van der Waals surface area contributed by atoms with Gasteiger partial charge in [-0.05, 0) is 24.7 Å². The molecule has 0 bridgehead atoms. The van der Waals surface area contributed by atoms with Crippen molar-refractivity contribution in [1.29, 1.82) is 0 Å². The van der Waals surface area contributed by atoms with Crippen LogP contribution in [0.5, 0.6) is 0 Å². The van der Waals surface area contributed by atoms with Crippen molar-refractivity contribution in [2.24, 2.45) is 17.6 Å². The number of rotatable bonds is 7. The molecule has 1 amide bonds. The van der Waals surface area contributed by atoms with Crippen molar-refractivity contribution < 1.29 is 4.79 Å². The minimum Gasteiger partial charge on any atom is -0.355 e. The fourth-order valence-electron chi connectivity index (χ4n) is 3.19. The monoisotopic (exact) mass is 268 g/mol. The lowest BCUT2D eigenvalue weighted by molar-refractivity contribution is -0.122. The highest BCUT2D eigenvalue weighted by Crippen LogP contribution is 2.25. The summed E-state index contributed by atoms with van der Waals surface area (Å²) < 4.78 is 0. The van der Waals surface area contributed by atoms with E-state index in [9.17, 15) is 4.79 Å². The Balaban J connectivity index is 2.22. The second-order valence-corrected chi connectivity index (χ2v) is 6.11. The molecule has 1 saturated carbocycles. The summed E-state index contributed by atoms with van der Waals surface area (Å²) in [4.78, 5) is 12.0. The van der Waals surface area contributed by atoms with Crippen LogP contribution in [0.3, 0.4) is 0 Å². The van der Waals surface area contributed by atoms with Gasteiger partial charge in [-0.15, -0.1) is 0 Å². The van der Waals surface area contributed by atoms with Gasteiger partial charge in [0.1, 0.15) is 0 Å². The van der Waals surface area contributed by atoms with E-state index in [1.165, 1.54) is 38.5 Å². The number of hydrogen-bond donors (Lipinski definition) is 2. The first-order valence-corrected chi connectivity index (χ1v) is 8.19. The van der Waals surface area contributed by atoms with Crippen LogP contribution in [-0.4, -0.2) is 18.5 Å². The highest BCUT2D eigenvalue weighted by Gasteiger charge is 2.18. The van der Waals surface area contributed by atoms with E-state index >= 15 is 0 Å². The summed E-state index contributed by atoms with van der Waals surface area (Å²) in [6.45, 7) is 4.97. The summed E-state index contributed by atoms with van der Waals surface area (Å²) in [6, 6.07) is 0.105. The summed E-state index contributed by atoms with van der Waals surface area (Å²) >= 11 is 0. The predicted molar refractivity (Wildman–Crippen MR) is 80.9 cm³/mol. The number of hydrogen-bond acceptors (Lipinski definition) is 2. The van der Waals surface area contributed by atoms with E-state index in [1.54, 1.807) is 0 Å². The Bertz CT molecular complexity index is 243. The largest absolute Gasteiger partial charge is 0.355 e. The summed E-state index contributed by atoms with van der Waals surface area (Å²) in [5, 5.41) is 3.04. The van der Waals surface area contributed by atoms with Crippen LogP contribution in [-0.2, 0) is 4.79 Å². The maximum atomic E-state index is 12.0. The molecule has 0 aromatic carbocycles. The fourth-order valence-corrected chi connectivity index (χ4v) is 3.19. The number of nitrogens with two attached hydrogens (primary N) is 1. The standard InChI is InChI=1S/C16H32N2O/c1-3-14(4-2)15(17)12-18-16(19)11-13-9-7-5-6-8-10-13/h13-15H,3-12,17H2,1-2H3,(H,18,19). The van der Waals surface area contributed by atoms with E-state index in [0.29, 0.717) is 24.8 Å². The molecule has 3 N–H and O–H groups in total. The molecular weight excluding hydrogens is 236 g/mol. The van der Waals surface area contributed by atoms with E-state index in [0.717, 1.165) is 12.8 Å². The normalized spacial score (nSPS) is 19.2. The zero-order valence-electron chi connectivity index (χ0n) is 12.8. The molecule has 0 aromatic heterocycles. The smallest absolute Gasteiger partial charge is 0.220 e. The lowest BCUT2D eigenvalue weighted by atomic mass is 9.94. The van der Waals surface area contributed by atoms with Crippen molar-refractivity contribution in [3.05, 3.63) is 0 Å². The minimum absolute atomic E-state index is 0.105. The Morgan fingerprint density at radius 2 is 1.74 bits per heavy atom. The Morgan fingerprint density at radius 3 is 2.26 bits per heavy atom. The first-order chi connectivity index (χ1) is 9.17. The number of carbonyl (C=O) groups excluding carboxylic acids is 1. The van der Waals surface area contributed by atoms with E-state index in [-0.39, 0.29) is 11.9 Å². The van der Waals surface area contributed by atoms with Crippen LogP contribution in [0, 0.1) is 11.8 Å². The molecule has 19 heavy (non-hydrogen) atoms. The molecular formula is C16H32N2O. The summed E-state index contributed by atoms with van der Waals surface area (Å²) in [6.07, 6.45) is 10.6. The van der Waals surface area contributed by atoms with Crippen LogP contribution in [0.1, 0.15) is 71.6 Å². The lowest BCUT2D eigenvalue weighted by Gasteiger charge is -2.22. The molecule has 3 heteroatoms. The molecule has 0 heterocycles.